The number of rotatable bonds is 10. The molecule has 0 saturated heterocycles. The number of hydrogen-bond donors (Lipinski definition) is 1. The van der Waals surface area contributed by atoms with Crippen LogP contribution in [0.1, 0.15) is 32.5 Å². The lowest BCUT2D eigenvalue weighted by molar-refractivity contribution is -0.118. The van der Waals surface area contributed by atoms with E-state index in [2.05, 4.69) is 11.9 Å². The normalized spacial score (nSPS) is 10.1. The van der Waals surface area contributed by atoms with Crippen molar-refractivity contribution in [3.63, 3.8) is 0 Å². The summed E-state index contributed by atoms with van der Waals surface area (Å²) >= 11 is 0.938. The average Bonchev–Trinajstić information content (AvgIpc) is 3.06. The van der Waals surface area contributed by atoms with Gasteiger partial charge in [-0.05, 0) is 31.5 Å². The Labute approximate surface area is 178 Å². The molecule has 1 N–H and O–H groups in total. The summed E-state index contributed by atoms with van der Waals surface area (Å²) in [4.78, 5) is 37.2. The Kier molecular flexibility index (Phi) is 8.42. The molecule has 2 rings (SSSR count). The van der Waals surface area contributed by atoms with Crippen LogP contribution in [-0.2, 0) is 14.3 Å². The van der Waals surface area contributed by atoms with E-state index in [0.29, 0.717) is 17.1 Å². The third-order valence-electron chi connectivity index (χ3n) is 3.81. The number of amides is 1. The topological polar surface area (TPSA) is 100 Å². The van der Waals surface area contributed by atoms with Crippen molar-refractivity contribution in [3.05, 3.63) is 52.9 Å². The van der Waals surface area contributed by atoms with Gasteiger partial charge in [-0.15, -0.1) is 11.3 Å². The molecule has 1 heterocycles. The maximum Gasteiger partial charge on any atom is 0.348 e. The van der Waals surface area contributed by atoms with Gasteiger partial charge in [-0.1, -0.05) is 18.7 Å². The number of esters is 2. The first-order chi connectivity index (χ1) is 14.4. The third kappa shape index (κ3) is 5.84. The largest absolute Gasteiger partial charge is 0.497 e. The molecule has 30 heavy (non-hydrogen) atoms. The zero-order chi connectivity index (χ0) is 22.1. The summed E-state index contributed by atoms with van der Waals surface area (Å²) in [6.07, 6.45) is 1.44. The minimum atomic E-state index is -0.641. The van der Waals surface area contributed by atoms with Gasteiger partial charge in [-0.2, -0.15) is 0 Å². The second kappa shape index (κ2) is 11.0. The van der Waals surface area contributed by atoms with Crippen molar-refractivity contribution in [1.82, 2.24) is 0 Å². The summed E-state index contributed by atoms with van der Waals surface area (Å²) in [5, 5.41) is 2.81. The Balaban J connectivity index is 2.18. The van der Waals surface area contributed by atoms with Crippen LogP contribution in [0.4, 0.5) is 5.00 Å². The number of nitrogens with one attached hydrogen (secondary N) is 1. The van der Waals surface area contributed by atoms with Crippen LogP contribution in [-0.4, -0.2) is 44.8 Å². The molecule has 0 aliphatic carbocycles. The predicted octanol–water partition coefficient (Wildman–Crippen LogP) is 3.60. The smallest absolute Gasteiger partial charge is 0.348 e. The molecule has 0 unspecified atom stereocenters. The van der Waals surface area contributed by atoms with Crippen LogP contribution in [0.3, 0.4) is 0 Å². The second-order valence-electron chi connectivity index (χ2n) is 5.88. The van der Waals surface area contributed by atoms with Gasteiger partial charge < -0.3 is 24.3 Å². The van der Waals surface area contributed by atoms with Crippen molar-refractivity contribution in [1.29, 1.82) is 0 Å². The van der Waals surface area contributed by atoms with E-state index >= 15 is 0 Å². The van der Waals surface area contributed by atoms with Crippen molar-refractivity contribution < 1.29 is 33.3 Å². The molecule has 0 saturated carbocycles. The number of anilines is 1. The minimum Gasteiger partial charge on any atom is -0.497 e. The molecule has 9 heteroatoms. The number of carbonyl (C=O) groups excluding carboxylic acids is 3. The highest BCUT2D eigenvalue weighted by atomic mass is 32.1. The quantitative estimate of drug-likeness (QED) is 0.451. The van der Waals surface area contributed by atoms with Crippen LogP contribution >= 0.6 is 11.3 Å². The first-order valence-corrected chi connectivity index (χ1v) is 9.88. The highest BCUT2D eigenvalue weighted by Gasteiger charge is 2.27. The summed E-state index contributed by atoms with van der Waals surface area (Å²) in [5.41, 5.74) is 0.485. The van der Waals surface area contributed by atoms with Crippen molar-refractivity contribution >= 4 is 34.2 Å². The second-order valence-corrected chi connectivity index (χ2v) is 6.90. The Morgan fingerprint density at radius 3 is 2.57 bits per heavy atom. The molecule has 0 spiro atoms. The molecule has 0 bridgehead atoms. The van der Waals surface area contributed by atoms with E-state index in [1.54, 1.807) is 38.1 Å². The van der Waals surface area contributed by atoms with Gasteiger partial charge in [0.1, 0.15) is 28.0 Å². The lowest BCUT2D eigenvalue weighted by Crippen LogP contribution is -2.21. The predicted molar refractivity (Wildman–Crippen MR) is 113 cm³/mol. The van der Waals surface area contributed by atoms with Gasteiger partial charge >= 0.3 is 11.9 Å². The van der Waals surface area contributed by atoms with E-state index in [0.717, 1.165) is 11.3 Å². The molecular weight excluding hydrogens is 410 g/mol. The van der Waals surface area contributed by atoms with Gasteiger partial charge in [-0.3, -0.25) is 4.79 Å². The van der Waals surface area contributed by atoms with E-state index in [9.17, 15) is 14.4 Å². The van der Waals surface area contributed by atoms with Gasteiger partial charge in [0.2, 0.25) is 0 Å². The number of methoxy groups -OCH3 is 1. The van der Waals surface area contributed by atoms with Crippen LogP contribution < -0.4 is 14.8 Å². The van der Waals surface area contributed by atoms with Crippen molar-refractivity contribution in [2.24, 2.45) is 0 Å². The van der Waals surface area contributed by atoms with E-state index in [4.69, 9.17) is 18.9 Å². The standard InChI is InChI=1S/C21H23NO7S/c1-5-10-28-21(25)18-13(3)17(20(24)27-6-2)19(30-18)22-16(23)12-29-15-9-7-8-14(11-15)26-4/h5,7-9,11H,1,6,10,12H2,2-4H3,(H,22,23). The molecule has 8 nitrogen and oxygen atoms in total. The number of hydrogen-bond acceptors (Lipinski definition) is 8. The first kappa shape index (κ1) is 23.0. The fourth-order valence-electron chi connectivity index (χ4n) is 2.45. The monoisotopic (exact) mass is 433 g/mol. The van der Waals surface area contributed by atoms with Crippen LogP contribution in [0, 0.1) is 6.92 Å². The van der Waals surface area contributed by atoms with Gasteiger partial charge in [0.05, 0.1) is 19.3 Å². The zero-order valence-corrected chi connectivity index (χ0v) is 17.8. The van der Waals surface area contributed by atoms with Gasteiger partial charge in [0.25, 0.3) is 5.91 Å². The summed E-state index contributed by atoms with van der Waals surface area (Å²) in [7, 11) is 1.53. The summed E-state index contributed by atoms with van der Waals surface area (Å²) in [6.45, 7) is 6.63. The van der Waals surface area contributed by atoms with Crippen LogP contribution in [0.25, 0.3) is 0 Å². The molecule has 1 aromatic carbocycles. The molecule has 2 aromatic rings. The fraction of sp³-hybridized carbons (Fsp3) is 0.286. The molecule has 160 valence electrons. The third-order valence-corrected chi connectivity index (χ3v) is 5.00. The van der Waals surface area contributed by atoms with E-state index < -0.39 is 17.8 Å². The molecule has 1 aromatic heterocycles. The molecule has 0 aliphatic rings. The van der Waals surface area contributed by atoms with Crippen molar-refractivity contribution in [3.8, 4) is 11.5 Å². The fourth-order valence-corrected chi connectivity index (χ4v) is 3.55. The Hall–Kier alpha value is -3.33. The van der Waals surface area contributed by atoms with Gasteiger partial charge in [0.15, 0.2) is 6.61 Å². The Bertz CT molecular complexity index is 935. The van der Waals surface area contributed by atoms with E-state index in [1.807, 2.05) is 0 Å². The maximum atomic E-state index is 12.4. The Morgan fingerprint density at radius 2 is 1.90 bits per heavy atom. The molecule has 0 aliphatic heterocycles. The molecule has 0 atom stereocenters. The lowest BCUT2D eigenvalue weighted by Gasteiger charge is -2.09. The van der Waals surface area contributed by atoms with Gasteiger partial charge in [-0.25, -0.2) is 9.59 Å². The number of ether oxygens (including phenoxy) is 4. The van der Waals surface area contributed by atoms with Gasteiger partial charge in [0, 0.05) is 6.07 Å². The van der Waals surface area contributed by atoms with Crippen molar-refractivity contribution in [2.75, 3.05) is 32.2 Å². The summed E-state index contributed by atoms with van der Waals surface area (Å²) in [6, 6.07) is 6.80. The highest BCUT2D eigenvalue weighted by Crippen LogP contribution is 2.34. The Morgan fingerprint density at radius 1 is 1.17 bits per heavy atom. The lowest BCUT2D eigenvalue weighted by atomic mass is 10.1. The van der Waals surface area contributed by atoms with Crippen molar-refractivity contribution in [2.45, 2.75) is 13.8 Å². The zero-order valence-electron chi connectivity index (χ0n) is 17.0. The SMILES string of the molecule is C=CCOC(=O)c1sc(NC(=O)COc2cccc(OC)c2)c(C(=O)OCC)c1C. The molecule has 0 fully saturated rings. The number of thiophene rings is 1. The number of carbonyl (C=O) groups is 3. The summed E-state index contributed by atoms with van der Waals surface area (Å²) in [5.74, 6) is -0.718. The average molecular weight is 433 g/mol. The highest BCUT2D eigenvalue weighted by molar-refractivity contribution is 7.18. The maximum absolute atomic E-state index is 12.4. The minimum absolute atomic E-state index is 0.0288. The molecule has 1 amide bonds. The van der Waals surface area contributed by atoms with Crippen LogP contribution in [0.2, 0.25) is 0 Å². The summed E-state index contributed by atoms with van der Waals surface area (Å²) < 4.78 is 20.7. The van der Waals surface area contributed by atoms with E-state index in [1.165, 1.54) is 13.2 Å². The first-order valence-electron chi connectivity index (χ1n) is 9.06. The molecule has 0 radical (unpaired) electrons. The van der Waals surface area contributed by atoms with Crippen LogP contribution in [0.15, 0.2) is 36.9 Å². The van der Waals surface area contributed by atoms with Crippen LogP contribution in [0.5, 0.6) is 11.5 Å². The number of benzene rings is 1. The van der Waals surface area contributed by atoms with E-state index in [-0.39, 0.29) is 35.3 Å². The molecular formula is C21H23NO7S.